The molecule has 0 fully saturated rings. The Hall–Kier alpha value is -2.15. The lowest BCUT2D eigenvalue weighted by molar-refractivity contribution is -0.384. The molecule has 7 heteroatoms. The number of carboxylic acids is 1. The summed E-state index contributed by atoms with van der Waals surface area (Å²) in [6.45, 7) is 2.56. The SMILES string of the molecule is CC(CO)CCCNc1ccc(C(=O)O)cc1[N+](=O)[O-]. The number of aliphatic hydroxyl groups is 1. The van der Waals surface area contributed by atoms with Gasteiger partial charge in [-0.25, -0.2) is 4.79 Å². The first-order valence-electron chi connectivity index (χ1n) is 6.32. The molecule has 0 bridgehead atoms. The number of carboxylic acid groups (broad SMARTS) is 1. The third-order valence-corrected chi connectivity index (χ3v) is 2.94. The molecule has 0 aromatic heterocycles. The Morgan fingerprint density at radius 3 is 2.75 bits per heavy atom. The summed E-state index contributed by atoms with van der Waals surface area (Å²) in [5.74, 6) is -1.00. The van der Waals surface area contributed by atoms with Crippen LogP contribution >= 0.6 is 0 Å². The van der Waals surface area contributed by atoms with Crippen molar-refractivity contribution in [2.45, 2.75) is 19.8 Å². The second-order valence-corrected chi connectivity index (χ2v) is 4.65. The number of hydrogen-bond donors (Lipinski definition) is 3. The summed E-state index contributed by atoms with van der Waals surface area (Å²) in [7, 11) is 0. The second kappa shape index (κ2) is 7.44. The first-order chi connectivity index (χ1) is 9.45. The number of aromatic carboxylic acids is 1. The summed E-state index contributed by atoms with van der Waals surface area (Å²) < 4.78 is 0. The van der Waals surface area contributed by atoms with Crippen LogP contribution in [0.1, 0.15) is 30.1 Å². The fourth-order valence-corrected chi connectivity index (χ4v) is 1.73. The van der Waals surface area contributed by atoms with Crippen molar-refractivity contribution in [3.05, 3.63) is 33.9 Å². The summed E-state index contributed by atoms with van der Waals surface area (Å²) in [5.41, 5.74) is -0.0621. The Morgan fingerprint density at radius 1 is 1.50 bits per heavy atom. The van der Waals surface area contributed by atoms with E-state index >= 15 is 0 Å². The van der Waals surface area contributed by atoms with Crippen molar-refractivity contribution in [3.8, 4) is 0 Å². The van der Waals surface area contributed by atoms with E-state index in [2.05, 4.69) is 5.32 Å². The summed E-state index contributed by atoms with van der Waals surface area (Å²) >= 11 is 0. The van der Waals surface area contributed by atoms with Crippen LogP contribution in [-0.2, 0) is 0 Å². The van der Waals surface area contributed by atoms with Crippen LogP contribution in [0.5, 0.6) is 0 Å². The minimum absolute atomic E-state index is 0.115. The molecule has 0 amide bonds. The topological polar surface area (TPSA) is 113 Å². The second-order valence-electron chi connectivity index (χ2n) is 4.65. The number of nitrogens with zero attached hydrogens (tertiary/aromatic N) is 1. The number of aliphatic hydroxyl groups excluding tert-OH is 1. The monoisotopic (exact) mass is 282 g/mol. The van der Waals surface area contributed by atoms with Crippen LogP contribution in [-0.4, -0.2) is 34.3 Å². The first kappa shape index (κ1) is 15.9. The molecular weight excluding hydrogens is 264 g/mol. The average Bonchev–Trinajstić information content (AvgIpc) is 2.42. The van der Waals surface area contributed by atoms with E-state index in [4.69, 9.17) is 10.2 Å². The molecule has 1 atom stereocenters. The van der Waals surface area contributed by atoms with Gasteiger partial charge in [0.25, 0.3) is 5.69 Å². The van der Waals surface area contributed by atoms with E-state index in [1.165, 1.54) is 12.1 Å². The van der Waals surface area contributed by atoms with Crippen LogP contribution in [0.25, 0.3) is 0 Å². The van der Waals surface area contributed by atoms with Crippen LogP contribution in [0.3, 0.4) is 0 Å². The molecule has 1 unspecified atom stereocenters. The fourth-order valence-electron chi connectivity index (χ4n) is 1.73. The van der Waals surface area contributed by atoms with Gasteiger partial charge in [0.1, 0.15) is 5.69 Å². The van der Waals surface area contributed by atoms with Crippen LogP contribution in [0, 0.1) is 16.0 Å². The van der Waals surface area contributed by atoms with Gasteiger partial charge in [0, 0.05) is 19.2 Å². The quantitative estimate of drug-likeness (QED) is 0.382. The highest BCUT2D eigenvalue weighted by atomic mass is 16.6. The highest BCUT2D eigenvalue weighted by Crippen LogP contribution is 2.25. The molecule has 1 aromatic rings. The standard InChI is InChI=1S/C13H18N2O5/c1-9(8-16)3-2-6-14-11-5-4-10(13(17)18)7-12(11)15(19)20/h4-5,7,9,14,16H,2-3,6,8H2,1H3,(H,17,18). The van der Waals surface area contributed by atoms with Gasteiger partial charge in [0.05, 0.1) is 10.5 Å². The van der Waals surface area contributed by atoms with E-state index in [1.807, 2.05) is 6.92 Å². The number of anilines is 1. The first-order valence-corrected chi connectivity index (χ1v) is 6.32. The fraction of sp³-hybridized carbons (Fsp3) is 0.462. The maximum atomic E-state index is 10.9. The van der Waals surface area contributed by atoms with Crippen molar-refractivity contribution < 1.29 is 19.9 Å². The molecule has 7 nitrogen and oxygen atoms in total. The summed E-state index contributed by atoms with van der Waals surface area (Å²) in [4.78, 5) is 21.1. The molecule has 0 heterocycles. The zero-order chi connectivity index (χ0) is 15.1. The average molecular weight is 282 g/mol. The number of rotatable bonds is 8. The smallest absolute Gasteiger partial charge is 0.335 e. The lowest BCUT2D eigenvalue weighted by atomic mass is 10.1. The van der Waals surface area contributed by atoms with E-state index in [9.17, 15) is 14.9 Å². The molecule has 0 spiro atoms. The van der Waals surface area contributed by atoms with E-state index < -0.39 is 10.9 Å². The van der Waals surface area contributed by atoms with E-state index in [0.717, 1.165) is 18.9 Å². The Labute approximate surface area is 116 Å². The van der Waals surface area contributed by atoms with Gasteiger partial charge in [-0.1, -0.05) is 6.92 Å². The van der Waals surface area contributed by atoms with E-state index in [0.29, 0.717) is 12.2 Å². The predicted octanol–water partition coefficient (Wildman–Crippen LogP) is 2.11. The van der Waals surface area contributed by atoms with Crippen LogP contribution < -0.4 is 5.32 Å². The van der Waals surface area contributed by atoms with Gasteiger partial charge in [0.2, 0.25) is 0 Å². The predicted molar refractivity (Wildman–Crippen MR) is 74.0 cm³/mol. The third-order valence-electron chi connectivity index (χ3n) is 2.94. The minimum atomic E-state index is -1.20. The summed E-state index contributed by atoms with van der Waals surface area (Å²) in [6, 6.07) is 3.77. The van der Waals surface area contributed by atoms with Crippen molar-refractivity contribution in [2.75, 3.05) is 18.5 Å². The van der Waals surface area contributed by atoms with Crippen molar-refractivity contribution in [1.29, 1.82) is 0 Å². The van der Waals surface area contributed by atoms with Crippen molar-refractivity contribution in [1.82, 2.24) is 0 Å². The molecule has 0 aliphatic heterocycles. The van der Waals surface area contributed by atoms with Gasteiger partial charge in [-0.15, -0.1) is 0 Å². The van der Waals surface area contributed by atoms with Gasteiger partial charge in [-0.05, 0) is 30.9 Å². The van der Waals surface area contributed by atoms with Crippen LogP contribution in [0.4, 0.5) is 11.4 Å². The molecule has 3 N–H and O–H groups in total. The normalized spacial score (nSPS) is 11.9. The molecule has 0 aliphatic rings. The molecule has 0 radical (unpaired) electrons. The van der Waals surface area contributed by atoms with Gasteiger partial charge in [0.15, 0.2) is 0 Å². The highest BCUT2D eigenvalue weighted by molar-refractivity contribution is 5.89. The third kappa shape index (κ3) is 4.51. The molecule has 0 aliphatic carbocycles. The number of nitro groups is 1. The largest absolute Gasteiger partial charge is 0.478 e. The molecule has 1 aromatic carbocycles. The Balaban J connectivity index is 2.70. The molecule has 20 heavy (non-hydrogen) atoms. The molecule has 1 rings (SSSR count). The molecular formula is C13H18N2O5. The highest BCUT2D eigenvalue weighted by Gasteiger charge is 2.16. The van der Waals surface area contributed by atoms with Crippen molar-refractivity contribution in [2.24, 2.45) is 5.92 Å². The van der Waals surface area contributed by atoms with Crippen molar-refractivity contribution in [3.63, 3.8) is 0 Å². The summed E-state index contributed by atoms with van der Waals surface area (Å²) in [5, 5.41) is 31.6. The van der Waals surface area contributed by atoms with Crippen LogP contribution in [0.2, 0.25) is 0 Å². The zero-order valence-corrected chi connectivity index (χ0v) is 11.2. The van der Waals surface area contributed by atoms with Crippen molar-refractivity contribution >= 4 is 17.3 Å². The Bertz CT molecular complexity index is 490. The minimum Gasteiger partial charge on any atom is -0.478 e. The maximum Gasteiger partial charge on any atom is 0.335 e. The Morgan fingerprint density at radius 2 is 2.20 bits per heavy atom. The maximum absolute atomic E-state index is 10.9. The van der Waals surface area contributed by atoms with Gasteiger partial charge in [-0.2, -0.15) is 0 Å². The number of carbonyl (C=O) groups is 1. The molecule has 0 saturated heterocycles. The van der Waals surface area contributed by atoms with E-state index in [-0.39, 0.29) is 23.8 Å². The van der Waals surface area contributed by atoms with Gasteiger partial charge < -0.3 is 15.5 Å². The van der Waals surface area contributed by atoms with E-state index in [1.54, 1.807) is 0 Å². The number of hydrogen-bond acceptors (Lipinski definition) is 5. The van der Waals surface area contributed by atoms with Gasteiger partial charge in [-0.3, -0.25) is 10.1 Å². The zero-order valence-electron chi connectivity index (χ0n) is 11.2. The number of nitro benzene ring substituents is 1. The Kier molecular flexibility index (Phi) is 5.92. The van der Waals surface area contributed by atoms with Gasteiger partial charge >= 0.3 is 5.97 Å². The number of nitrogens with one attached hydrogen (secondary N) is 1. The summed E-state index contributed by atoms with van der Waals surface area (Å²) in [6.07, 6.45) is 1.57. The lowest BCUT2D eigenvalue weighted by Crippen LogP contribution is -2.08. The molecule has 110 valence electrons. The van der Waals surface area contributed by atoms with Crippen LogP contribution in [0.15, 0.2) is 18.2 Å². The number of benzene rings is 1. The lowest BCUT2D eigenvalue weighted by Gasteiger charge is -2.10. The molecule has 0 saturated carbocycles.